The maximum atomic E-state index is 12.5. The summed E-state index contributed by atoms with van der Waals surface area (Å²) in [6.07, 6.45) is 0.281. The number of benzene rings is 2. The lowest BCUT2D eigenvalue weighted by Gasteiger charge is -2.27. The lowest BCUT2D eigenvalue weighted by Crippen LogP contribution is -2.50. The summed E-state index contributed by atoms with van der Waals surface area (Å²) in [5.41, 5.74) is 4.18. The minimum Gasteiger partial charge on any atom is -0.322 e. The molecule has 29 heavy (non-hydrogen) atoms. The van der Waals surface area contributed by atoms with Gasteiger partial charge in [0.05, 0.1) is 16.8 Å². The van der Waals surface area contributed by atoms with Crippen LogP contribution in [0.2, 0.25) is 0 Å². The van der Waals surface area contributed by atoms with Crippen molar-refractivity contribution in [1.29, 1.82) is 0 Å². The monoisotopic (exact) mass is 392 g/mol. The Morgan fingerprint density at radius 1 is 0.931 bits per heavy atom. The highest BCUT2D eigenvalue weighted by molar-refractivity contribution is 6.21. The van der Waals surface area contributed by atoms with Gasteiger partial charge >= 0.3 is 0 Å². The minimum atomic E-state index is -0.421. The molecule has 2 aliphatic rings. The summed E-state index contributed by atoms with van der Waals surface area (Å²) in [5.74, 6) is -1.70. The summed E-state index contributed by atoms with van der Waals surface area (Å²) in [4.78, 5) is 61.0. The molecule has 2 aromatic carbocycles. The molecular formula is C20H16N4O5. The van der Waals surface area contributed by atoms with E-state index in [1.807, 2.05) is 0 Å². The summed E-state index contributed by atoms with van der Waals surface area (Å²) in [6.45, 7) is 0. The van der Waals surface area contributed by atoms with E-state index in [-0.39, 0.29) is 36.1 Å². The second-order valence-corrected chi connectivity index (χ2v) is 6.69. The Balaban J connectivity index is 1.50. The standard InChI is InChI=1S/C20H16N4O5/c1-23-19(28)14-7-4-12(10-15(14)20(23)29)21-18(27)11-2-5-13(6-3-11)24-17(26)9-8-16(25)22-24/h2-7,10H,8-9H2,1H3,(H,21,27)(H,22,25). The fourth-order valence-corrected chi connectivity index (χ4v) is 3.19. The Kier molecular flexibility index (Phi) is 4.34. The molecule has 0 saturated carbocycles. The number of anilines is 2. The molecule has 0 spiro atoms. The molecule has 5 amide bonds. The highest BCUT2D eigenvalue weighted by Crippen LogP contribution is 2.25. The predicted molar refractivity (Wildman–Crippen MR) is 102 cm³/mol. The van der Waals surface area contributed by atoms with Gasteiger partial charge in [0.1, 0.15) is 0 Å². The molecule has 0 aliphatic carbocycles. The molecule has 2 N–H and O–H groups in total. The van der Waals surface area contributed by atoms with E-state index in [0.717, 1.165) is 9.91 Å². The fourth-order valence-electron chi connectivity index (χ4n) is 3.19. The number of nitrogens with zero attached hydrogens (tertiary/aromatic N) is 2. The van der Waals surface area contributed by atoms with Gasteiger partial charge in [0.2, 0.25) is 11.8 Å². The van der Waals surface area contributed by atoms with Crippen molar-refractivity contribution in [2.75, 3.05) is 17.4 Å². The van der Waals surface area contributed by atoms with Gasteiger partial charge in [0, 0.05) is 31.1 Å². The third-order valence-electron chi connectivity index (χ3n) is 4.79. The second-order valence-electron chi connectivity index (χ2n) is 6.69. The highest BCUT2D eigenvalue weighted by atomic mass is 16.2. The number of hydrogen-bond donors (Lipinski definition) is 2. The maximum absolute atomic E-state index is 12.5. The van der Waals surface area contributed by atoms with Crippen LogP contribution in [-0.2, 0) is 9.59 Å². The van der Waals surface area contributed by atoms with Gasteiger partial charge in [0.25, 0.3) is 17.7 Å². The number of carbonyl (C=O) groups excluding carboxylic acids is 5. The van der Waals surface area contributed by atoms with E-state index < -0.39 is 11.8 Å². The minimum absolute atomic E-state index is 0.128. The average molecular weight is 392 g/mol. The van der Waals surface area contributed by atoms with Crippen LogP contribution < -0.4 is 15.8 Å². The lowest BCUT2D eigenvalue weighted by molar-refractivity contribution is -0.130. The van der Waals surface area contributed by atoms with E-state index in [1.54, 1.807) is 18.2 Å². The number of fused-ring (bicyclic) bond motifs is 1. The highest BCUT2D eigenvalue weighted by Gasteiger charge is 2.32. The van der Waals surface area contributed by atoms with E-state index in [2.05, 4.69) is 10.7 Å². The van der Waals surface area contributed by atoms with Crippen LogP contribution in [0.25, 0.3) is 0 Å². The van der Waals surface area contributed by atoms with Crippen LogP contribution in [0.1, 0.15) is 43.9 Å². The van der Waals surface area contributed by atoms with E-state index >= 15 is 0 Å². The molecule has 2 aliphatic heterocycles. The molecule has 0 atom stereocenters. The molecule has 0 unspecified atom stereocenters. The molecule has 0 aromatic heterocycles. The number of hydrogen-bond acceptors (Lipinski definition) is 5. The Morgan fingerprint density at radius 3 is 2.34 bits per heavy atom. The first-order valence-corrected chi connectivity index (χ1v) is 8.85. The van der Waals surface area contributed by atoms with E-state index in [4.69, 9.17) is 0 Å². The van der Waals surface area contributed by atoms with Gasteiger partial charge in [-0.05, 0) is 42.5 Å². The summed E-state index contributed by atoms with van der Waals surface area (Å²) in [6, 6.07) is 10.7. The normalized spacial score (nSPS) is 16.0. The molecule has 0 radical (unpaired) electrons. The number of carbonyl (C=O) groups is 5. The summed E-state index contributed by atoms with van der Waals surface area (Å²) < 4.78 is 0. The van der Waals surface area contributed by atoms with Crippen molar-refractivity contribution < 1.29 is 24.0 Å². The van der Waals surface area contributed by atoms with Crippen LogP contribution in [0.5, 0.6) is 0 Å². The van der Waals surface area contributed by atoms with E-state index in [0.29, 0.717) is 22.5 Å². The van der Waals surface area contributed by atoms with Gasteiger partial charge in [-0.3, -0.25) is 34.3 Å². The SMILES string of the molecule is CN1C(=O)c2ccc(NC(=O)c3ccc(N4NC(=O)CCC4=O)cc3)cc2C1=O. The molecule has 9 heteroatoms. The Bertz CT molecular complexity index is 1080. The quantitative estimate of drug-likeness (QED) is 0.765. The van der Waals surface area contributed by atoms with Crippen molar-refractivity contribution in [3.63, 3.8) is 0 Å². The fraction of sp³-hybridized carbons (Fsp3) is 0.150. The second kappa shape index (κ2) is 6.86. The lowest BCUT2D eigenvalue weighted by atomic mass is 10.1. The molecular weight excluding hydrogens is 376 g/mol. The predicted octanol–water partition coefficient (Wildman–Crippen LogP) is 1.32. The van der Waals surface area contributed by atoms with Crippen molar-refractivity contribution in [2.45, 2.75) is 12.8 Å². The Labute approximate surface area is 165 Å². The van der Waals surface area contributed by atoms with Crippen molar-refractivity contribution in [3.8, 4) is 0 Å². The van der Waals surface area contributed by atoms with Crippen LogP contribution in [0.15, 0.2) is 42.5 Å². The molecule has 146 valence electrons. The molecule has 0 bridgehead atoms. The smallest absolute Gasteiger partial charge is 0.261 e. The van der Waals surface area contributed by atoms with Crippen LogP contribution in [0.4, 0.5) is 11.4 Å². The van der Waals surface area contributed by atoms with Gasteiger partial charge < -0.3 is 5.32 Å². The van der Waals surface area contributed by atoms with E-state index in [9.17, 15) is 24.0 Å². The van der Waals surface area contributed by atoms with Crippen molar-refractivity contribution in [2.24, 2.45) is 0 Å². The molecule has 2 heterocycles. The third kappa shape index (κ3) is 3.22. The number of rotatable bonds is 3. The molecule has 9 nitrogen and oxygen atoms in total. The summed E-state index contributed by atoms with van der Waals surface area (Å²) in [7, 11) is 1.40. The first-order chi connectivity index (χ1) is 13.8. The molecule has 2 aromatic rings. The largest absolute Gasteiger partial charge is 0.322 e. The maximum Gasteiger partial charge on any atom is 0.261 e. The van der Waals surface area contributed by atoms with Crippen LogP contribution in [0.3, 0.4) is 0 Å². The first kappa shape index (κ1) is 18.4. The molecule has 4 rings (SSSR count). The Morgan fingerprint density at radius 2 is 1.62 bits per heavy atom. The number of amides is 5. The first-order valence-electron chi connectivity index (χ1n) is 8.85. The van der Waals surface area contributed by atoms with Gasteiger partial charge in [-0.1, -0.05) is 0 Å². The number of imide groups is 1. The molecule has 1 saturated heterocycles. The van der Waals surface area contributed by atoms with Crippen LogP contribution >= 0.6 is 0 Å². The van der Waals surface area contributed by atoms with Gasteiger partial charge in [-0.25, -0.2) is 5.01 Å². The van der Waals surface area contributed by atoms with Crippen LogP contribution in [-0.4, -0.2) is 41.5 Å². The average Bonchev–Trinajstić information content (AvgIpc) is 2.94. The number of hydrazine groups is 1. The van der Waals surface area contributed by atoms with E-state index in [1.165, 1.54) is 31.3 Å². The van der Waals surface area contributed by atoms with Crippen molar-refractivity contribution >= 4 is 40.9 Å². The third-order valence-corrected chi connectivity index (χ3v) is 4.79. The van der Waals surface area contributed by atoms with Gasteiger partial charge in [-0.2, -0.15) is 0 Å². The zero-order valence-electron chi connectivity index (χ0n) is 15.4. The topological polar surface area (TPSA) is 116 Å². The van der Waals surface area contributed by atoms with Crippen molar-refractivity contribution in [1.82, 2.24) is 10.3 Å². The number of nitrogens with one attached hydrogen (secondary N) is 2. The zero-order valence-corrected chi connectivity index (χ0v) is 15.4. The van der Waals surface area contributed by atoms with Crippen molar-refractivity contribution in [3.05, 3.63) is 59.2 Å². The zero-order chi connectivity index (χ0) is 20.7. The summed E-state index contributed by atoms with van der Waals surface area (Å²) in [5, 5.41) is 3.84. The van der Waals surface area contributed by atoms with Gasteiger partial charge in [0.15, 0.2) is 0 Å². The van der Waals surface area contributed by atoms with Gasteiger partial charge in [-0.15, -0.1) is 0 Å². The Hall–Kier alpha value is -4.01. The molecule has 1 fully saturated rings. The summed E-state index contributed by atoms with van der Waals surface area (Å²) >= 11 is 0. The van der Waals surface area contributed by atoms with Crippen LogP contribution in [0, 0.1) is 0 Å².